The number of aromatic nitrogens is 3. The fourth-order valence-electron chi connectivity index (χ4n) is 3.78. The van der Waals surface area contributed by atoms with Crippen LogP contribution in [0.1, 0.15) is 33.4 Å². The van der Waals surface area contributed by atoms with Crippen LogP contribution in [0.25, 0.3) is 10.9 Å². The van der Waals surface area contributed by atoms with Gasteiger partial charge in [0.05, 0.1) is 36.0 Å². The molecule has 1 aromatic carbocycles. The summed E-state index contributed by atoms with van der Waals surface area (Å²) in [6.07, 6.45) is 1.87. The Kier molecular flexibility index (Phi) is 3.84. The molecule has 0 saturated carbocycles. The minimum Gasteiger partial charge on any atom is -0.377 e. The van der Waals surface area contributed by atoms with E-state index in [1.807, 2.05) is 60.9 Å². The Morgan fingerprint density at radius 1 is 1.32 bits per heavy atom. The Labute approximate surface area is 146 Å². The molecule has 1 aliphatic rings. The van der Waals surface area contributed by atoms with Crippen LogP contribution >= 0.6 is 0 Å². The van der Waals surface area contributed by atoms with E-state index in [2.05, 4.69) is 10.1 Å². The summed E-state index contributed by atoms with van der Waals surface area (Å²) >= 11 is 0. The highest BCUT2D eigenvalue weighted by Crippen LogP contribution is 2.31. The first-order chi connectivity index (χ1) is 12.1. The molecule has 1 N–H and O–H groups in total. The lowest BCUT2D eigenvalue weighted by Gasteiger charge is -2.36. The smallest absolute Gasteiger partial charge is 0.256 e. The molecule has 3 aromatic rings. The average Bonchev–Trinajstić information content (AvgIpc) is 3.19. The molecule has 6 heteroatoms. The number of aromatic amines is 1. The van der Waals surface area contributed by atoms with Crippen LogP contribution in [0.15, 0.2) is 30.5 Å². The summed E-state index contributed by atoms with van der Waals surface area (Å²) in [6.45, 7) is 5.67. The number of nitrogens with one attached hydrogen (secondary N) is 1. The van der Waals surface area contributed by atoms with E-state index in [9.17, 15) is 4.79 Å². The Morgan fingerprint density at radius 3 is 2.92 bits per heavy atom. The second-order valence-electron chi connectivity index (χ2n) is 6.54. The Bertz CT molecular complexity index is 940. The van der Waals surface area contributed by atoms with Crippen molar-refractivity contribution >= 4 is 16.8 Å². The van der Waals surface area contributed by atoms with Gasteiger partial charge in [-0.3, -0.25) is 9.48 Å². The number of H-pyrrole nitrogens is 1. The van der Waals surface area contributed by atoms with Crippen molar-refractivity contribution in [1.82, 2.24) is 19.7 Å². The van der Waals surface area contributed by atoms with Gasteiger partial charge in [0.2, 0.25) is 0 Å². The Morgan fingerprint density at radius 2 is 2.16 bits per heavy atom. The number of nitrogens with zero attached hydrogens (tertiary/aromatic N) is 3. The summed E-state index contributed by atoms with van der Waals surface area (Å²) in [6, 6.07) is 7.70. The number of rotatable bonds is 2. The molecule has 0 bridgehead atoms. The summed E-state index contributed by atoms with van der Waals surface area (Å²) in [5.74, 6) is 0.0315. The lowest BCUT2D eigenvalue weighted by molar-refractivity contribution is -0.00295. The fourth-order valence-corrected chi connectivity index (χ4v) is 3.78. The second-order valence-corrected chi connectivity index (χ2v) is 6.54. The van der Waals surface area contributed by atoms with Crippen LogP contribution in [0.2, 0.25) is 0 Å². The number of hydrogen-bond donors (Lipinski definition) is 1. The molecule has 25 heavy (non-hydrogen) atoms. The van der Waals surface area contributed by atoms with Gasteiger partial charge in [-0.2, -0.15) is 5.10 Å². The predicted molar refractivity (Wildman–Crippen MR) is 95.6 cm³/mol. The third-order valence-corrected chi connectivity index (χ3v) is 5.11. The third kappa shape index (κ3) is 2.53. The molecule has 130 valence electrons. The zero-order valence-corrected chi connectivity index (χ0v) is 14.7. The van der Waals surface area contributed by atoms with E-state index in [0.717, 1.165) is 27.9 Å². The summed E-state index contributed by atoms with van der Waals surface area (Å²) in [5, 5.41) is 5.56. The number of hydrogen-bond acceptors (Lipinski definition) is 3. The highest BCUT2D eigenvalue weighted by molar-refractivity contribution is 6.05. The second kappa shape index (κ2) is 6.04. The van der Waals surface area contributed by atoms with Gasteiger partial charge in [-0.25, -0.2) is 0 Å². The highest BCUT2D eigenvalue weighted by Gasteiger charge is 2.33. The maximum atomic E-state index is 13.3. The quantitative estimate of drug-likeness (QED) is 0.781. The van der Waals surface area contributed by atoms with Gasteiger partial charge < -0.3 is 14.6 Å². The molecule has 0 aliphatic carbocycles. The highest BCUT2D eigenvalue weighted by atomic mass is 16.5. The first-order valence-corrected chi connectivity index (χ1v) is 8.53. The zero-order valence-electron chi connectivity index (χ0n) is 14.7. The average molecular weight is 338 g/mol. The number of amides is 1. The van der Waals surface area contributed by atoms with E-state index >= 15 is 0 Å². The first-order valence-electron chi connectivity index (χ1n) is 8.53. The van der Waals surface area contributed by atoms with Crippen LogP contribution in [0, 0.1) is 13.8 Å². The van der Waals surface area contributed by atoms with E-state index < -0.39 is 0 Å². The van der Waals surface area contributed by atoms with Gasteiger partial charge in [0.25, 0.3) is 5.91 Å². The number of aryl methyl sites for hydroxylation is 2. The molecule has 4 rings (SSSR count). The van der Waals surface area contributed by atoms with Gasteiger partial charge >= 0.3 is 0 Å². The van der Waals surface area contributed by atoms with E-state index in [1.165, 1.54) is 0 Å². The molecular formula is C19H22N4O2. The zero-order chi connectivity index (χ0) is 17.6. The van der Waals surface area contributed by atoms with Crippen LogP contribution in [0.5, 0.6) is 0 Å². The van der Waals surface area contributed by atoms with Crippen LogP contribution in [-0.4, -0.2) is 45.3 Å². The summed E-state index contributed by atoms with van der Waals surface area (Å²) < 4.78 is 7.57. The van der Waals surface area contributed by atoms with Gasteiger partial charge in [-0.1, -0.05) is 12.1 Å². The molecule has 1 saturated heterocycles. The first kappa shape index (κ1) is 15.9. The number of benzene rings is 1. The predicted octanol–water partition coefficient (Wildman–Crippen LogP) is 2.73. The molecule has 1 atom stereocenters. The van der Waals surface area contributed by atoms with Crippen molar-refractivity contribution in [3.8, 4) is 0 Å². The van der Waals surface area contributed by atoms with E-state index in [1.54, 1.807) is 0 Å². The van der Waals surface area contributed by atoms with Crippen LogP contribution in [0.3, 0.4) is 0 Å². The number of morpholine rings is 1. The largest absolute Gasteiger partial charge is 0.377 e. The maximum Gasteiger partial charge on any atom is 0.256 e. The molecule has 1 aliphatic heterocycles. The molecule has 1 fully saturated rings. The topological polar surface area (TPSA) is 63.1 Å². The Balaban J connectivity index is 1.76. The summed E-state index contributed by atoms with van der Waals surface area (Å²) in [5.41, 5.74) is 4.70. The molecule has 0 unspecified atom stereocenters. The lowest BCUT2D eigenvalue weighted by Crippen LogP contribution is -2.43. The molecule has 3 heterocycles. The number of para-hydroxylation sites is 1. The number of fused-ring (bicyclic) bond motifs is 1. The van der Waals surface area contributed by atoms with Crippen LogP contribution in [0.4, 0.5) is 0 Å². The lowest BCUT2D eigenvalue weighted by atomic mass is 10.0. The van der Waals surface area contributed by atoms with Crippen molar-refractivity contribution in [2.45, 2.75) is 19.9 Å². The van der Waals surface area contributed by atoms with Gasteiger partial charge in [0.1, 0.15) is 0 Å². The Hall–Kier alpha value is -2.60. The van der Waals surface area contributed by atoms with Crippen molar-refractivity contribution in [1.29, 1.82) is 0 Å². The van der Waals surface area contributed by atoms with Crippen molar-refractivity contribution in [2.75, 3.05) is 19.8 Å². The molecule has 0 radical (unpaired) electrons. The van der Waals surface area contributed by atoms with Gasteiger partial charge in [0, 0.05) is 36.4 Å². The number of ether oxygens (including phenoxy) is 1. The standard InChI is InChI=1S/C19H22N4O2/c1-12-17(13(2)22(3)21-12)16-11-25-10-9-23(16)19(24)15-6-4-5-14-7-8-20-18(14)15/h4-8,16,20H,9-11H2,1-3H3/t16-/m1/s1. The SMILES string of the molecule is Cc1nn(C)c(C)c1[C@H]1COCCN1C(=O)c1cccc2cc[nH]c12. The molecule has 6 nitrogen and oxygen atoms in total. The summed E-state index contributed by atoms with van der Waals surface area (Å²) in [4.78, 5) is 18.5. The third-order valence-electron chi connectivity index (χ3n) is 5.11. The normalized spacial score (nSPS) is 18.0. The van der Waals surface area contributed by atoms with Crippen molar-refractivity contribution < 1.29 is 9.53 Å². The monoisotopic (exact) mass is 338 g/mol. The molecule has 0 spiro atoms. The number of carbonyl (C=O) groups is 1. The summed E-state index contributed by atoms with van der Waals surface area (Å²) in [7, 11) is 1.93. The van der Waals surface area contributed by atoms with Crippen LogP contribution < -0.4 is 0 Å². The minimum atomic E-state index is -0.111. The van der Waals surface area contributed by atoms with E-state index in [0.29, 0.717) is 25.3 Å². The van der Waals surface area contributed by atoms with Gasteiger partial charge in [0.15, 0.2) is 0 Å². The minimum absolute atomic E-state index is 0.0315. The molecular weight excluding hydrogens is 316 g/mol. The molecule has 1 amide bonds. The number of carbonyl (C=O) groups excluding carboxylic acids is 1. The van der Waals surface area contributed by atoms with Crippen molar-refractivity contribution in [3.05, 3.63) is 53.0 Å². The van der Waals surface area contributed by atoms with Crippen molar-refractivity contribution in [3.63, 3.8) is 0 Å². The van der Waals surface area contributed by atoms with E-state index in [4.69, 9.17) is 4.74 Å². The fraction of sp³-hybridized carbons (Fsp3) is 0.368. The van der Waals surface area contributed by atoms with E-state index in [-0.39, 0.29) is 11.9 Å². The van der Waals surface area contributed by atoms with Gasteiger partial charge in [-0.05, 0) is 26.0 Å². The molecule has 2 aromatic heterocycles. The van der Waals surface area contributed by atoms with Crippen molar-refractivity contribution in [2.24, 2.45) is 7.05 Å². The maximum absolute atomic E-state index is 13.3. The van der Waals surface area contributed by atoms with Crippen LogP contribution in [-0.2, 0) is 11.8 Å². The van der Waals surface area contributed by atoms with Gasteiger partial charge in [-0.15, -0.1) is 0 Å².